The van der Waals surface area contributed by atoms with E-state index in [1.165, 1.54) is 16.7 Å². The van der Waals surface area contributed by atoms with E-state index in [2.05, 4.69) is 69.4 Å². The molecule has 136 valence electrons. The van der Waals surface area contributed by atoms with Gasteiger partial charge in [0.15, 0.2) is 0 Å². The van der Waals surface area contributed by atoms with Gasteiger partial charge >= 0.3 is 0 Å². The van der Waals surface area contributed by atoms with Gasteiger partial charge in [-0.2, -0.15) is 0 Å². The van der Waals surface area contributed by atoms with Crippen LogP contribution < -0.4 is 0 Å². The first-order valence-electron chi connectivity index (χ1n) is 8.82. The molecule has 0 spiro atoms. The Bertz CT molecular complexity index is 1080. The highest BCUT2D eigenvalue weighted by Gasteiger charge is 2.13. The summed E-state index contributed by atoms with van der Waals surface area (Å²) in [6.45, 7) is 6.10. The molecule has 0 atom stereocenters. The van der Waals surface area contributed by atoms with Gasteiger partial charge in [-0.05, 0) is 77.5 Å². The van der Waals surface area contributed by atoms with Crippen molar-refractivity contribution in [3.05, 3.63) is 87.7 Å². The molecule has 2 heterocycles. The highest BCUT2D eigenvalue weighted by Crippen LogP contribution is 2.30. The zero-order valence-electron chi connectivity index (χ0n) is 15.5. The lowest BCUT2D eigenvalue weighted by Crippen LogP contribution is -1.96. The second kappa shape index (κ2) is 7.16. The Morgan fingerprint density at radius 1 is 1.07 bits per heavy atom. The average Bonchev–Trinajstić information content (AvgIpc) is 3.27. The summed E-state index contributed by atoms with van der Waals surface area (Å²) in [5.74, 6) is 0.860. The fourth-order valence-corrected chi connectivity index (χ4v) is 4.07. The zero-order chi connectivity index (χ0) is 19.0. The molecule has 5 heteroatoms. The van der Waals surface area contributed by atoms with Gasteiger partial charge in [0.05, 0.1) is 17.7 Å². The quantitative estimate of drug-likeness (QED) is 0.417. The van der Waals surface area contributed by atoms with Crippen molar-refractivity contribution >= 4 is 15.9 Å². The van der Waals surface area contributed by atoms with Gasteiger partial charge in [0.1, 0.15) is 5.76 Å². The Morgan fingerprint density at radius 3 is 2.56 bits per heavy atom. The van der Waals surface area contributed by atoms with Crippen molar-refractivity contribution in [3.63, 3.8) is 0 Å². The number of imidazole rings is 1. The molecule has 0 bridgehead atoms. The summed E-state index contributed by atoms with van der Waals surface area (Å²) in [6, 6.07) is 13.0. The van der Waals surface area contributed by atoms with Gasteiger partial charge in [-0.1, -0.05) is 29.4 Å². The topological polar surface area (TPSA) is 43.9 Å². The van der Waals surface area contributed by atoms with Crippen LogP contribution in [0.3, 0.4) is 0 Å². The number of hydrogen-bond donors (Lipinski definition) is 0. The number of hydrogen-bond acceptors (Lipinski definition) is 3. The van der Waals surface area contributed by atoms with Crippen LogP contribution in [-0.2, 0) is 6.42 Å². The average molecular weight is 422 g/mol. The van der Waals surface area contributed by atoms with Crippen LogP contribution in [0.1, 0.15) is 28.1 Å². The zero-order valence-corrected chi connectivity index (χ0v) is 17.1. The van der Waals surface area contributed by atoms with Gasteiger partial charge < -0.3 is 9.09 Å². The third kappa shape index (κ3) is 3.47. The lowest BCUT2D eigenvalue weighted by Gasteiger charge is -2.11. The Kier molecular flexibility index (Phi) is 4.70. The molecular weight excluding hydrogens is 402 g/mol. The number of nitrogens with zero attached hydrogens (tertiary/aromatic N) is 3. The van der Waals surface area contributed by atoms with Gasteiger partial charge in [0, 0.05) is 22.4 Å². The van der Waals surface area contributed by atoms with Crippen LogP contribution >= 0.6 is 15.9 Å². The van der Waals surface area contributed by atoms with Gasteiger partial charge in [-0.3, -0.25) is 0 Å². The first kappa shape index (κ1) is 17.7. The van der Waals surface area contributed by atoms with Crippen molar-refractivity contribution in [1.29, 1.82) is 0 Å². The molecule has 4 rings (SSSR count). The van der Waals surface area contributed by atoms with E-state index in [1.54, 1.807) is 12.5 Å². The minimum absolute atomic E-state index is 0.860. The van der Waals surface area contributed by atoms with Crippen LogP contribution in [0.4, 0.5) is 0 Å². The molecule has 0 radical (unpaired) electrons. The van der Waals surface area contributed by atoms with E-state index in [1.807, 2.05) is 24.6 Å². The van der Waals surface area contributed by atoms with E-state index >= 15 is 0 Å². The molecule has 0 fully saturated rings. The van der Waals surface area contributed by atoms with E-state index in [0.717, 1.165) is 39.2 Å². The fraction of sp³-hybridized carbons (Fsp3) is 0.182. The molecule has 0 saturated heterocycles. The summed E-state index contributed by atoms with van der Waals surface area (Å²) < 4.78 is 8.36. The Hall–Kier alpha value is -2.66. The third-order valence-corrected chi connectivity index (χ3v) is 5.49. The SMILES string of the molecule is Cc1cc(-c2c(C)noc2C)ccc1Cc1ccc(-n2ccnc2)c(Br)c1. The van der Waals surface area contributed by atoms with Crippen molar-refractivity contribution in [2.24, 2.45) is 0 Å². The molecule has 0 saturated carbocycles. The molecule has 2 aromatic carbocycles. The molecule has 0 amide bonds. The van der Waals surface area contributed by atoms with Crippen LogP contribution in [0.15, 0.2) is 64.1 Å². The minimum Gasteiger partial charge on any atom is -0.361 e. The number of benzene rings is 2. The maximum Gasteiger partial charge on any atom is 0.141 e. The first-order chi connectivity index (χ1) is 13.0. The number of halogens is 1. The summed E-state index contributed by atoms with van der Waals surface area (Å²) in [5, 5.41) is 4.06. The number of aromatic nitrogens is 3. The second-order valence-electron chi connectivity index (χ2n) is 6.77. The summed E-state index contributed by atoms with van der Waals surface area (Å²) >= 11 is 3.69. The highest BCUT2D eigenvalue weighted by molar-refractivity contribution is 9.10. The van der Waals surface area contributed by atoms with Crippen LogP contribution in [0.2, 0.25) is 0 Å². The van der Waals surface area contributed by atoms with E-state index in [-0.39, 0.29) is 0 Å². The number of rotatable bonds is 4. The van der Waals surface area contributed by atoms with Crippen molar-refractivity contribution in [2.75, 3.05) is 0 Å². The number of aryl methyl sites for hydroxylation is 3. The molecule has 4 nitrogen and oxygen atoms in total. The monoisotopic (exact) mass is 421 g/mol. The molecule has 0 aliphatic rings. The molecule has 0 N–H and O–H groups in total. The first-order valence-corrected chi connectivity index (χ1v) is 9.62. The molecule has 2 aromatic heterocycles. The highest BCUT2D eigenvalue weighted by atomic mass is 79.9. The van der Waals surface area contributed by atoms with Gasteiger partial charge in [0.25, 0.3) is 0 Å². The van der Waals surface area contributed by atoms with Crippen LogP contribution in [0.25, 0.3) is 16.8 Å². The lowest BCUT2D eigenvalue weighted by molar-refractivity contribution is 0.393. The minimum atomic E-state index is 0.860. The fourth-order valence-electron chi connectivity index (χ4n) is 3.44. The Balaban J connectivity index is 1.61. The third-order valence-electron chi connectivity index (χ3n) is 4.85. The molecule has 27 heavy (non-hydrogen) atoms. The largest absolute Gasteiger partial charge is 0.361 e. The second-order valence-corrected chi connectivity index (χ2v) is 7.63. The van der Waals surface area contributed by atoms with Crippen molar-refractivity contribution in [2.45, 2.75) is 27.2 Å². The molecular formula is C22H20BrN3O. The lowest BCUT2D eigenvalue weighted by atomic mass is 9.95. The van der Waals surface area contributed by atoms with Gasteiger partial charge in [0.2, 0.25) is 0 Å². The summed E-state index contributed by atoms with van der Waals surface area (Å²) in [6.07, 6.45) is 6.41. The van der Waals surface area contributed by atoms with Crippen LogP contribution in [0.5, 0.6) is 0 Å². The van der Waals surface area contributed by atoms with Gasteiger partial charge in [-0.15, -0.1) is 0 Å². The molecule has 0 aliphatic heterocycles. The predicted molar refractivity (Wildman–Crippen MR) is 110 cm³/mol. The van der Waals surface area contributed by atoms with E-state index < -0.39 is 0 Å². The van der Waals surface area contributed by atoms with Crippen molar-refractivity contribution < 1.29 is 4.52 Å². The summed E-state index contributed by atoms with van der Waals surface area (Å²) in [4.78, 5) is 4.11. The Labute approximate surface area is 167 Å². The van der Waals surface area contributed by atoms with E-state index in [0.29, 0.717) is 0 Å². The van der Waals surface area contributed by atoms with Crippen molar-refractivity contribution in [1.82, 2.24) is 14.7 Å². The smallest absolute Gasteiger partial charge is 0.141 e. The maximum absolute atomic E-state index is 5.31. The molecule has 0 aliphatic carbocycles. The van der Waals surface area contributed by atoms with Crippen LogP contribution in [0, 0.1) is 20.8 Å². The molecule has 0 unspecified atom stereocenters. The van der Waals surface area contributed by atoms with Crippen molar-refractivity contribution in [3.8, 4) is 16.8 Å². The normalized spacial score (nSPS) is 11.1. The van der Waals surface area contributed by atoms with Gasteiger partial charge in [-0.25, -0.2) is 4.98 Å². The Morgan fingerprint density at radius 2 is 1.93 bits per heavy atom. The predicted octanol–water partition coefficient (Wildman–Crippen LogP) is 5.81. The molecule has 4 aromatic rings. The standard InChI is InChI=1S/C22H20BrN3O/c1-14-10-19(22-15(2)25-27-16(22)3)6-5-18(14)11-17-4-7-21(20(23)12-17)26-9-8-24-13-26/h4-10,12-13H,11H2,1-3H3. The maximum atomic E-state index is 5.31. The summed E-state index contributed by atoms with van der Waals surface area (Å²) in [7, 11) is 0. The van der Waals surface area contributed by atoms with Crippen LogP contribution in [-0.4, -0.2) is 14.7 Å². The van der Waals surface area contributed by atoms with E-state index in [4.69, 9.17) is 4.52 Å². The summed E-state index contributed by atoms with van der Waals surface area (Å²) in [5.41, 5.74) is 8.11. The van der Waals surface area contributed by atoms with E-state index in [9.17, 15) is 0 Å².